The number of aryl methyl sites for hydroxylation is 1. The Hall–Kier alpha value is -0.860. The van der Waals surface area contributed by atoms with Gasteiger partial charge in [0.1, 0.15) is 0 Å². The van der Waals surface area contributed by atoms with Crippen LogP contribution in [0.25, 0.3) is 0 Å². The van der Waals surface area contributed by atoms with Crippen molar-refractivity contribution in [3.8, 4) is 0 Å². The molecule has 2 heteroatoms. The van der Waals surface area contributed by atoms with E-state index in [-0.39, 0.29) is 5.60 Å². The monoisotopic (exact) mass is 261 g/mol. The first-order valence-electron chi connectivity index (χ1n) is 7.34. The van der Waals surface area contributed by atoms with E-state index in [1.54, 1.807) is 0 Å². The van der Waals surface area contributed by atoms with Crippen molar-refractivity contribution in [3.63, 3.8) is 0 Å². The molecule has 0 aromatic heterocycles. The van der Waals surface area contributed by atoms with Crippen molar-refractivity contribution < 1.29 is 4.74 Å². The molecule has 2 N–H and O–H groups in total. The molecule has 0 bridgehead atoms. The lowest BCUT2D eigenvalue weighted by molar-refractivity contribution is -0.0904. The molecule has 1 aromatic carbocycles. The van der Waals surface area contributed by atoms with Gasteiger partial charge in [0.2, 0.25) is 0 Å². The molecule has 1 aliphatic rings. The average molecular weight is 261 g/mol. The standard InChI is InChI=1S/C17H27NO/c1-14-4-6-15(7-5-14)12-19-17(13-18)10-8-16(2,3)9-11-17/h4-7H,8-13,18H2,1-3H3. The fourth-order valence-electron chi connectivity index (χ4n) is 2.71. The molecular formula is C17H27NO. The summed E-state index contributed by atoms with van der Waals surface area (Å²) in [7, 11) is 0. The zero-order chi connectivity index (χ0) is 13.9. The second kappa shape index (κ2) is 5.64. The van der Waals surface area contributed by atoms with E-state index in [0.29, 0.717) is 18.6 Å². The van der Waals surface area contributed by atoms with Gasteiger partial charge in [-0.25, -0.2) is 0 Å². The summed E-state index contributed by atoms with van der Waals surface area (Å²) < 4.78 is 6.21. The van der Waals surface area contributed by atoms with Crippen LogP contribution in [-0.2, 0) is 11.3 Å². The molecule has 2 rings (SSSR count). The highest BCUT2D eigenvalue weighted by Gasteiger charge is 2.38. The molecule has 0 radical (unpaired) electrons. The minimum Gasteiger partial charge on any atom is -0.369 e. The number of hydrogen-bond donors (Lipinski definition) is 1. The Morgan fingerprint density at radius 1 is 1.05 bits per heavy atom. The minimum atomic E-state index is -0.0968. The largest absolute Gasteiger partial charge is 0.369 e. The molecule has 2 nitrogen and oxygen atoms in total. The predicted octanol–water partition coefficient (Wildman–Crippen LogP) is 3.81. The summed E-state index contributed by atoms with van der Waals surface area (Å²) in [6.07, 6.45) is 4.58. The van der Waals surface area contributed by atoms with Crippen LogP contribution >= 0.6 is 0 Å². The summed E-state index contributed by atoms with van der Waals surface area (Å²) in [5.41, 5.74) is 8.87. The zero-order valence-corrected chi connectivity index (χ0v) is 12.5. The SMILES string of the molecule is Cc1ccc(COC2(CN)CCC(C)(C)CC2)cc1. The topological polar surface area (TPSA) is 35.2 Å². The smallest absolute Gasteiger partial charge is 0.0809 e. The van der Waals surface area contributed by atoms with Gasteiger partial charge < -0.3 is 10.5 Å². The van der Waals surface area contributed by atoms with Crippen LogP contribution in [0, 0.1) is 12.3 Å². The Labute approximate surface area is 117 Å². The third kappa shape index (κ3) is 3.80. The Morgan fingerprint density at radius 2 is 1.63 bits per heavy atom. The first-order chi connectivity index (χ1) is 8.95. The lowest BCUT2D eigenvalue weighted by Gasteiger charge is -2.42. The molecule has 1 fully saturated rings. The van der Waals surface area contributed by atoms with Crippen molar-refractivity contribution >= 4 is 0 Å². The van der Waals surface area contributed by atoms with Gasteiger partial charge in [0.25, 0.3) is 0 Å². The molecule has 0 amide bonds. The maximum atomic E-state index is 6.21. The van der Waals surface area contributed by atoms with Crippen LogP contribution < -0.4 is 5.73 Å². The molecule has 1 aliphatic carbocycles. The average Bonchev–Trinajstić information content (AvgIpc) is 2.40. The van der Waals surface area contributed by atoms with Crippen LogP contribution in [0.4, 0.5) is 0 Å². The predicted molar refractivity (Wildman–Crippen MR) is 80.0 cm³/mol. The first-order valence-corrected chi connectivity index (χ1v) is 7.34. The molecule has 0 spiro atoms. The van der Waals surface area contributed by atoms with Gasteiger partial charge in [-0.15, -0.1) is 0 Å². The lowest BCUT2D eigenvalue weighted by atomic mass is 9.71. The van der Waals surface area contributed by atoms with E-state index in [2.05, 4.69) is 45.0 Å². The molecule has 1 saturated carbocycles. The van der Waals surface area contributed by atoms with Crippen LogP contribution in [-0.4, -0.2) is 12.1 Å². The molecule has 1 aromatic rings. The Balaban J connectivity index is 1.94. The van der Waals surface area contributed by atoms with Crippen LogP contribution in [0.2, 0.25) is 0 Å². The van der Waals surface area contributed by atoms with Gasteiger partial charge in [0, 0.05) is 6.54 Å². The number of benzene rings is 1. The minimum absolute atomic E-state index is 0.0968. The third-order valence-corrected chi connectivity index (χ3v) is 4.55. The van der Waals surface area contributed by atoms with E-state index in [0.717, 1.165) is 12.8 Å². The molecule has 0 unspecified atom stereocenters. The van der Waals surface area contributed by atoms with Crippen LogP contribution in [0.1, 0.15) is 50.7 Å². The molecule has 19 heavy (non-hydrogen) atoms. The molecule has 0 atom stereocenters. The van der Waals surface area contributed by atoms with Crippen LogP contribution in [0.3, 0.4) is 0 Å². The van der Waals surface area contributed by atoms with Crippen molar-refractivity contribution in [2.24, 2.45) is 11.1 Å². The van der Waals surface area contributed by atoms with Gasteiger partial charge in [-0.2, -0.15) is 0 Å². The van der Waals surface area contributed by atoms with Gasteiger partial charge in [0.15, 0.2) is 0 Å². The summed E-state index contributed by atoms with van der Waals surface area (Å²) in [4.78, 5) is 0. The molecular weight excluding hydrogens is 234 g/mol. The van der Waals surface area contributed by atoms with Gasteiger partial charge in [0.05, 0.1) is 12.2 Å². The summed E-state index contributed by atoms with van der Waals surface area (Å²) in [5, 5.41) is 0. The molecule has 0 aliphatic heterocycles. The summed E-state index contributed by atoms with van der Waals surface area (Å²) >= 11 is 0. The summed E-state index contributed by atoms with van der Waals surface area (Å²) in [6, 6.07) is 8.56. The van der Waals surface area contributed by atoms with E-state index < -0.39 is 0 Å². The molecule has 0 heterocycles. The fraction of sp³-hybridized carbons (Fsp3) is 0.647. The number of hydrogen-bond acceptors (Lipinski definition) is 2. The van der Waals surface area contributed by atoms with Gasteiger partial charge in [-0.1, -0.05) is 43.7 Å². The zero-order valence-electron chi connectivity index (χ0n) is 12.5. The highest BCUT2D eigenvalue weighted by Crippen LogP contribution is 2.41. The highest BCUT2D eigenvalue weighted by atomic mass is 16.5. The maximum Gasteiger partial charge on any atom is 0.0809 e. The van der Waals surface area contributed by atoms with Gasteiger partial charge in [-0.3, -0.25) is 0 Å². The van der Waals surface area contributed by atoms with E-state index in [9.17, 15) is 0 Å². The Kier molecular flexibility index (Phi) is 4.32. The first kappa shape index (κ1) is 14.5. The number of nitrogens with two attached hydrogens (primary N) is 1. The van der Waals surface area contributed by atoms with Crippen molar-refractivity contribution in [1.82, 2.24) is 0 Å². The van der Waals surface area contributed by atoms with Crippen LogP contribution in [0.5, 0.6) is 0 Å². The summed E-state index contributed by atoms with van der Waals surface area (Å²) in [5.74, 6) is 0. The normalized spacial score (nSPS) is 21.3. The quantitative estimate of drug-likeness (QED) is 0.894. The lowest BCUT2D eigenvalue weighted by Crippen LogP contribution is -2.45. The van der Waals surface area contributed by atoms with Crippen molar-refractivity contribution in [3.05, 3.63) is 35.4 Å². The number of rotatable bonds is 4. The summed E-state index contributed by atoms with van der Waals surface area (Å²) in [6.45, 7) is 8.10. The van der Waals surface area contributed by atoms with Gasteiger partial charge >= 0.3 is 0 Å². The van der Waals surface area contributed by atoms with E-state index in [1.807, 2.05) is 0 Å². The van der Waals surface area contributed by atoms with Crippen molar-refractivity contribution in [2.45, 2.75) is 58.7 Å². The van der Waals surface area contributed by atoms with E-state index in [4.69, 9.17) is 10.5 Å². The highest BCUT2D eigenvalue weighted by molar-refractivity contribution is 5.20. The Morgan fingerprint density at radius 3 is 2.16 bits per heavy atom. The number of ether oxygens (including phenoxy) is 1. The Bertz CT molecular complexity index is 398. The van der Waals surface area contributed by atoms with Crippen LogP contribution in [0.15, 0.2) is 24.3 Å². The van der Waals surface area contributed by atoms with Crippen molar-refractivity contribution in [1.29, 1.82) is 0 Å². The second-order valence-corrected chi connectivity index (χ2v) is 6.83. The third-order valence-electron chi connectivity index (χ3n) is 4.55. The fourth-order valence-corrected chi connectivity index (χ4v) is 2.71. The van der Waals surface area contributed by atoms with E-state index in [1.165, 1.54) is 24.0 Å². The molecule has 106 valence electrons. The second-order valence-electron chi connectivity index (χ2n) is 6.83. The molecule has 0 saturated heterocycles. The van der Waals surface area contributed by atoms with E-state index >= 15 is 0 Å². The van der Waals surface area contributed by atoms with Crippen molar-refractivity contribution in [2.75, 3.05) is 6.54 Å². The maximum absolute atomic E-state index is 6.21. The van der Waals surface area contributed by atoms with Gasteiger partial charge in [-0.05, 0) is 43.6 Å².